The van der Waals surface area contributed by atoms with E-state index in [9.17, 15) is 4.79 Å². The van der Waals surface area contributed by atoms with Crippen LogP contribution in [-0.4, -0.2) is 44.8 Å². The van der Waals surface area contributed by atoms with Crippen LogP contribution in [0.4, 0.5) is 5.69 Å². The highest BCUT2D eigenvalue weighted by molar-refractivity contribution is 8.00. The molecule has 118 valence electrons. The molecule has 5 nitrogen and oxygen atoms in total. The van der Waals surface area contributed by atoms with Gasteiger partial charge < -0.3 is 10.2 Å². The lowest BCUT2D eigenvalue weighted by Gasteiger charge is -2.23. The fourth-order valence-corrected chi connectivity index (χ4v) is 3.25. The number of thioether (sulfide) groups is 1. The lowest BCUT2D eigenvalue weighted by atomic mass is 10.2. The van der Waals surface area contributed by atoms with Gasteiger partial charge in [-0.15, -0.1) is 0 Å². The van der Waals surface area contributed by atoms with E-state index >= 15 is 0 Å². The average molecular weight is 310 g/mol. The van der Waals surface area contributed by atoms with Crippen LogP contribution in [0.25, 0.3) is 0 Å². The van der Waals surface area contributed by atoms with E-state index in [-0.39, 0.29) is 16.7 Å². The van der Waals surface area contributed by atoms with Gasteiger partial charge in [0.25, 0.3) is 0 Å². The molecule has 0 spiro atoms. The first-order valence-corrected chi connectivity index (χ1v) is 8.45. The predicted octanol–water partition coefficient (Wildman–Crippen LogP) is 2.04. The molecule has 1 aromatic rings. The van der Waals surface area contributed by atoms with Gasteiger partial charge >= 0.3 is 0 Å². The predicted molar refractivity (Wildman–Crippen MR) is 88.8 cm³/mol. The molecule has 1 fully saturated rings. The summed E-state index contributed by atoms with van der Waals surface area (Å²) in [5, 5.41) is 7.61. The summed E-state index contributed by atoms with van der Waals surface area (Å²) in [6, 6.07) is 0.262. The van der Waals surface area contributed by atoms with E-state index in [1.54, 1.807) is 10.9 Å². The second kappa shape index (κ2) is 6.40. The summed E-state index contributed by atoms with van der Waals surface area (Å²) in [5.41, 5.74) is 0.892. The van der Waals surface area contributed by atoms with Gasteiger partial charge in [0.2, 0.25) is 5.91 Å². The van der Waals surface area contributed by atoms with Gasteiger partial charge in [-0.3, -0.25) is 9.48 Å². The number of hydrogen-bond acceptors (Lipinski definition) is 4. The third-order valence-electron chi connectivity index (χ3n) is 3.46. The van der Waals surface area contributed by atoms with Crippen molar-refractivity contribution >= 4 is 23.4 Å². The number of rotatable bonds is 5. The number of aryl methyl sites for hydroxylation is 1. The normalized spacial score (nSPS) is 21.1. The van der Waals surface area contributed by atoms with Crippen LogP contribution < -0.4 is 10.2 Å². The van der Waals surface area contributed by atoms with Crippen LogP contribution in [0.15, 0.2) is 12.4 Å². The number of carbonyl (C=O) groups is 1. The van der Waals surface area contributed by atoms with Crippen LogP contribution in [0.5, 0.6) is 0 Å². The Morgan fingerprint density at radius 2 is 2.24 bits per heavy atom. The first-order valence-electron chi connectivity index (χ1n) is 7.46. The Balaban J connectivity index is 1.87. The highest BCUT2D eigenvalue weighted by Gasteiger charge is 2.33. The molecule has 1 aromatic heterocycles. The van der Waals surface area contributed by atoms with Crippen molar-refractivity contribution in [1.29, 1.82) is 0 Å². The summed E-state index contributed by atoms with van der Waals surface area (Å²) >= 11 is 1.93. The quantitative estimate of drug-likeness (QED) is 0.904. The Labute approximate surface area is 131 Å². The van der Waals surface area contributed by atoms with Crippen molar-refractivity contribution in [2.24, 2.45) is 7.05 Å². The summed E-state index contributed by atoms with van der Waals surface area (Å²) in [7, 11) is 1.87. The van der Waals surface area contributed by atoms with Gasteiger partial charge in [-0.1, -0.05) is 20.8 Å². The van der Waals surface area contributed by atoms with Crippen molar-refractivity contribution in [2.75, 3.05) is 17.2 Å². The first-order chi connectivity index (χ1) is 9.76. The first kappa shape index (κ1) is 16.4. The highest BCUT2D eigenvalue weighted by Crippen LogP contribution is 2.25. The van der Waals surface area contributed by atoms with Crippen molar-refractivity contribution in [3.8, 4) is 0 Å². The Morgan fingerprint density at radius 3 is 2.81 bits per heavy atom. The zero-order valence-electron chi connectivity index (χ0n) is 13.6. The van der Waals surface area contributed by atoms with Gasteiger partial charge in [0.15, 0.2) is 0 Å². The van der Waals surface area contributed by atoms with Crippen LogP contribution >= 0.6 is 11.8 Å². The molecule has 6 heteroatoms. The van der Waals surface area contributed by atoms with E-state index in [1.807, 2.05) is 29.9 Å². The van der Waals surface area contributed by atoms with Gasteiger partial charge in [-0.2, -0.15) is 16.9 Å². The third-order valence-corrected chi connectivity index (χ3v) is 4.99. The molecular weight excluding hydrogens is 284 g/mol. The largest absolute Gasteiger partial charge is 0.308 e. The maximum Gasteiger partial charge on any atom is 0.244 e. The van der Waals surface area contributed by atoms with Crippen molar-refractivity contribution in [3.63, 3.8) is 0 Å². The molecule has 0 aromatic carbocycles. The molecule has 2 atom stereocenters. The van der Waals surface area contributed by atoms with E-state index in [4.69, 9.17) is 0 Å². The minimum atomic E-state index is -0.0687. The van der Waals surface area contributed by atoms with Gasteiger partial charge in [-0.05, 0) is 13.3 Å². The molecule has 1 amide bonds. The molecular formula is C15H26N4OS. The minimum Gasteiger partial charge on any atom is -0.308 e. The molecule has 1 N–H and O–H groups in total. The Kier molecular flexibility index (Phi) is 4.99. The molecule has 1 saturated heterocycles. The number of hydrogen-bond donors (Lipinski definition) is 1. The molecule has 1 aliphatic heterocycles. The molecule has 21 heavy (non-hydrogen) atoms. The maximum absolute atomic E-state index is 12.5. The van der Waals surface area contributed by atoms with E-state index < -0.39 is 0 Å². The van der Waals surface area contributed by atoms with Crippen LogP contribution in [0.3, 0.4) is 0 Å². The number of anilines is 1. The molecule has 0 aliphatic carbocycles. The fraction of sp³-hybridized carbons (Fsp3) is 0.733. The van der Waals surface area contributed by atoms with Crippen LogP contribution in [0.1, 0.15) is 34.1 Å². The zero-order chi connectivity index (χ0) is 15.6. The van der Waals surface area contributed by atoms with Crippen molar-refractivity contribution in [3.05, 3.63) is 12.4 Å². The zero-order valence-corrected chi connectivity index (χ0v) is 14.4. The van der Waals surface area contributed by atoms with Crippen molar-refractivity contribution in [1.82, 2.24) is 15.1 Å². The van der Waals surface area contributed by atoms with Gasteiger partial charge in [0.1, 0.15) is 0 Å². The van der Waals surface area contributed by atoms with Crippen molar-refractivity contribution < 1.29 is 4.79 Å². The summed E-state index contributed by atoms with van der Waals surface area (Å²) < 4.78 is 1.99. The Hall–Kier alpha value is -1.01. The Morgan fingerprint density at radius 1 is 1.52 bits per heavy atom. The lowest BCUT2D eigenvalue weighted by Crippen LogP contribution is -2.43. The number of amides is 1. The molecule has 1 aliphatic rings. The number of nitrogens with one attached hydrogen (secondary N) is 1. The van der Waals surface area contributed by atoms with E-state index in [0.29, 0.717) is 6.04 Å². The van der Waals surface area contributed by atoms with Crippen LogP contribution in [0.2, 0.25) is 0 Å². The summed E-state index contributed by atoms with van der Waals surface area (Å²) in [5.74, 6) is 1.18. The lowest BCUT2D eigenvalue weighted by molar-refractivity contribution is -0.118. The van der Waals surface area contributed by atoms with E-state index in [0.717, 1.165) is 24.4 Å². The molecule has 2 rings (SSSR count). The third kappa shape index (κ3) is 4.48. The van der Waals surface area contributed by atoms with Crippen molar-refractivity contribution in [2.45, 2.75) is 50.9 Å². The number of carbonyl (C=O) groups excluding carboxylic acids is 1. The second-order valence-corrected chi connectivity index (χ2v) is 8.54. The average Bonchev–Trinajstić information content (AvgIpc) is 2.94. The second-order valence-electron chi connectivity index (χ2n) is 6.69. The van der Waals surface area contributed by atoms with Crippen LogP contribution in [-0.2, 0) is 11.8 Å². The monoisotopic (exact) mass is 310 g/mol. The molecule has 2 heterocycles. The minimum absolute atomic E-state index is 0.0687. The van der Waals surface area contributed by atoms with E-state index in [2.05, 4.69) is 38.1 Å². The highest BCUT2D eigenvalue weighted by atomic mass is 32.2. The Bertz CT molecular complexity index is 494. The van der Waals surface area contributed by atoms with Gasteiger partial charge in [0, 0.05) is 36.3 Å². The molecule has 0 bridgehead atoms. The summed E-state index contributed by atoms with van der Waals surface area (Å²) in [6.07, 6.45) is 4.50. The maximum atomic E-state index is 12.5. The van der Waals surface area contributed by atoms with E-state index in [1.165, 1.54) is 0 Å². The topological polar surface area (TPSA) is 50.2 Å². The van der Waals surface area contributed by atoms with Gasteiger partial charge in [-0.25, -0.2) is 0 Å². The molecule has 0 saturated carbocycles. The van der Waals surface area contributed by atoms with Crippen LogP contribution in [0, 0.1) is 0 Å². The SMILES string of the molecule is C[C@H](CSC(C)(C)C)N[C@@H]1CCN(c2cnn(C)c2)C1=O. The number of nitrogens with zero attached hydrogens (tertiary/aromatic N) is 3. The molecule has 0 unspecified atom stereocenters. The summed E-state index contributed by atoms with van der Waals surface area (Å²) in [6.45, 7) is 9.57. The van der Waals surface area contributed by atoms with Gasteiger partial charge in [0.05, 0.1) is 17.9 Å². The number of aromatic nitrogens is 2. The smallest absolute Gasteiger partial charge is 0.244 e. The summed E-state index contributed by atoms with van der Waals surface area (Å²) in [4.78, 5) is 14.3. The fourth-order valence-electron chi connectivity index (χ4n) is 2.41. The standard InChI is InChI=1S/C15H26N4OS/c1-11(10-21-15(2,3)4)17-13-6-7-19(14(13)20)12-8-16-18(5)9-12/h8-9,11,13,17H,6-7,10H2,1-5H3/t11-,13-/m1/s1. The molecule has 0 radical (unpaired) electrons.